The molecule has 2 aromatic heterocycles. The summed E-state index contributed by atoms with van der Waals surface area (Å²) in [5.74, 6) is 1.42. The summed E-state index contributed by atoms with van der Waals surface area (Å²) >= 11 is 0. The molecule has 0 radical (unpaired) electrons. The zero-order chi connectivity index (χ0) is 26.6. The van der Waals surface area contributed by atoms with Gasteiger partial charge in [-0.2, -0.15) is 5.10 Å². The minimum Gasteiger partial charge on any atom is -0.354 e. The van der Waals surface area contributed by atoms with Gasteiger partial charge in [-0.1, -0.05) is 44.2 Å². The lowest BCUT2D eigenvalue weighted by molar-refractivity contribution is -0.132. The quantitative estimate of drug-likeness (QED) is 0.328. The van der Waals surface area contributed by atoms with E-state index in [0.717, 1.165) is 78.4 Å². The van der Waals surface area contributed by atoms with Crippen LogP contribution in [0.3, 0.4) is 0 Å². The van der Waals surface area contributed by atoms with Gasteiger partial charge in [0.25, 0.3) is 0 Å². The number of fused-ring (bicyclic) bond motifs is 1. The lowest BCUT2D eigenvalue weighted by atomic mass is 9.95. The predicted molar refractivity (Wildman–Crippen MR) is 148 cm³/mol. The number of aromatic nitrogens is 4. The molecule has 7 nitrogen and oxygen atoms in total. The lowest BCUT2D eigenvalue weighted by Crippen LogP contribution is -2.38. The second kappa shape index (κ2) is 11.3. The van der Waals surface area contributed by atoms with Crippen molar-refractivity contribution in [2.24, 2.45) is 0 Å². The second-order valence-corrected chi connectivity index (χ2v) is 9.92. The number of aryl methyl sites for hydroxylation is 2. The van der Waals surface area contributed by atoms with E-state index in [9.17, 15) is 9.18 Å². The van der Waals surface area contributed by atoms with E-state index < -0.39 is 0 Å². The van der Waals surface area contributed by atoms with Gasteiger partial charge < -0.3 is 9.80 Å². The van der Waals surface area contributed by atoms with Crippen LogP contribution in [0, 0.1) is 12.7 Å². The standard InChI is InChI=1S/C30H35FN6O/c1-4-10-26-32-28(27-21(3)34-37(29(27)33-26)24-15-13-23(31)14-16-24)35-17-9-18-36(20-19-35)30(38)25(5-2)22-11-7-6-8-12-22/h6-8,11-16,25H,4-5,9-10,17-20H2,1-3H3/t25-/m0/s1. The van der Waals surface area contributed by atoms with Crippen molar-refractivity contribution in [3.63, 3.8) is 0 Å². The highest BCUT2D eigenvalue weighted by atomic mass is 19.1. The van der Waals surface area contributed by atoms with Gasteiger partial charge in [0.05, 0.1) is 22.7 Å². The third-order valence-electron chi connectivity index (χ3n) is 7.29. The van der Waals surface area contributed by atoms with Crippen LogP contribution in [0.4, 0.5) is 10.2 Å². The van der Waals surface area contributed by atoms with Crippen LogP contribution >= 0.6 is 0 Å². The average Bonchev–Trinajstić information content (AvgIpc) is 3.10. The zero-order valence-corrected chi connectivity index (χ0v) is 22.4. The van der Waals surface area contributed by atoms with Gasteiger partial charge >= 0.3 is 0 Å². The van der Waals surface area contributed by atoms with Crippen LogP contribution in [0.25, 0.3) is 16.7 Å². The molecule has 0 saturated carbocycles. The number of benzene rings is 2. The summed E-state index contributed by atoms with van der Waals surface area (Å²) in [4.78, 5) is 27.7. The van der Waals surface area contributed by atoms with Gasteiger partial charge in [-0.05, 0) is 56.0 Å². The Hall–Kier alpha value is -3.81. The molecule has 1 saturated heterocycles. The molecule has 0 unspecified atom stereocenters. The zero-order valence-electron chi connectivity index (χ0n) is 22.4. The smallest absolute Gasteiger partial charge is 0.230 e. The first-order chi connectivity index (χ1) is 18.5. The monoisotopic (exact) mass is 514 g/mol. The third kappa shape index (κ3) is 5.12. The summed E-state index contributed by atoms with van der Waals surface area (Å²) in [7, 11) is 0. The first-order valence-corrected chi connectivity index (χ1v) is 13.6. The Morgan fingerprint density at radius 3 is 2.45 bits per heavy atom. The maximum atomic E-state index is 13.6. The molecule has 1 amide bonds. The van der Waals surface area contributed by atoms with Gasteiger partial charge in [0.2, 0.25) is 5.91 Å². The highest BCUT2D eigenvalue weighted by Crippen LogP contribution is 2.31. The Morgan fingerprint density at radius 1 is 0.974 bits per heavy atom. The first kappa shape index (κ1) is 25.8. The molecule has 38 heavy (non-hydrogen) atoms. The maximum Gasteiger partial charge on any atom is 0.230 e. The van der Waals surface area contributed by atoms with E-state index in [-0.39, 0.29) is 17.6 Å². The van der Waals surface area contributed by atoms with Crippen LogP contribution in [0.5, 0.6) is 0 Å². The van der Waals surface area contributed by atoms with Crippen LogP contribution in [-0.2, 0) is 11.2 Å². The van der Waals surface area contributed by atoms with Crippen LogP contribution in [0.1, 0.15) is 56.1 Å². The molecule has 0 N–H and O–H groups in total. The van der Waals surface area contributed by atoms with Crippen molar-refractivity contribution in [2.45, 2.75) is 52.4 Å². The summed E-state index contributed by atoms with van der Waals surface area (Å²) in [5, 5.41) is 5.69. The fourth-order valence-corrected chi connectivity index (χ4v) is 5.34. The molecule has 1 atom stereocenters. The van der Waals surface area contributed by atoms with E-state index in [2.05, 4.69) is 18.7 Å². The fraction of sp³-hybridized carbons (Fsp3) is 0.400. The number of halogens is 1. The van der Waals surface area contributed by atoms with Gasteiger partial charge in [0, 0.05) is 32.6 Å². The molecule has 8 heteroatoms. The van der Waals surface area contributed by atoms with Crippen molar-refractivity contribution in [1.29, 1.82) is 0 Å². The van der Waals surface area contributed by atoms with Gasteiger partial charge in [0.15, 0.2) is 5.65 Å². The number of carbonyl (C=O) groups is 1. The van der Waals surface area contributed by atoms with E-state index in [1.165, 1.54) is 12.1 Å². The van der Waals surface area contributed by atoms with Crippen molar-refractivity contribution in [3.8, 4) is 5.69 Å². The van der Waals surface area contributed by atoms with Crippen LogP contribution in [0.15, 0.2) is 54.6 Å². The molecule has 1 fully saturated rings. The molecule has 1 aliphatic heterocycles. The largest absolute Gasteiger partial charge is 0.354 e. The molecule has 0 bridgehead atoms. The molecule has 0 aliphatic carbocycles. The summed E-state index contributed by atoms with van der Waals surface area (Å²) in [5.41, 5.74) is 3.40. The van der Waals surface area contributed by atoms with Crippen LogP contribution < -0.4 is 4.90 Å². The van der Waals surface area contributed by atoms with Gasteiger partial charge in [-0.15, -0.1) is 0 Å². The summed E-state index contributed by atoms with van der Waals surface area (Å²) in [6.45, 7) is 9.01. The minimum absolute atomic E-state index is 0.124. The summed E-state index contributed by atoms with van der Waals surface area (Å²) < 4.78 is 15.4. The molecule has 4 aromatic rings. The van der Waals surface area contributed by atoms with Crippen molar-refractivity contribution in [3.05, 3.63) is 77.5 Å². The Kier molecular flexibility index (Phi) is 7.67. The lowest BCUT2D eigenvalue weighted by Gasteiger charge is -2.26. The number of hydrogen-bond donors (Lipinski definition) is 0. The number of anilines is 1. The van der Waals surface area contributed by atoms with E-state index in [0.29, 0.717) is 13.1 Å². The highest BCUT2D eigenvalue weighted by Gasteiger charge is 2.28. The van der Waals surface area contributed by atoms with Crippen molar-refractivity contribution in [2.75, 3.05) is 31.1 Å². The maximum absolute atomic E-state index is 13.6. The Bertz CT molecular complexity index is 1400. The molecular formula is C30H35FN6O. The predicted octanol–water partition coefficient (Wildman–Crippen LogP) is 5.45. The van der Waals surface area contributed by atoms with E-state index in [1.54, 1.807) is 16.8 Å². The SMILES string of the molecule is CCCc1nc(N2CCCN(C(=O)[C@@H](CC)c3ccccc3)CC2)c2c(C)nn(-c3ccc(F)cc3)c2n1. The van der Waals surface area contributed by atoms with Gasteiger partial charge in [-0.25, -0.2) is 19.0 Å². The molecule has 5 rings (SSSR count). The van der Waals surface area contributed by atoms with E-state index in [1.807, 2.05) is 42.2 Å². The summed E-state index contributed by atoms with van der Waals surface area (Å²) in [6, 6.07) is 16.4. The number of carbonyl (C=O) groups excluding carboxylic acids is 1. The fourth-order valence-electron chi connectivity index (χ4n) is 5.34. The molecule has 3 heterocycles. The Labute approximate surface area is 223 Å². The van der Waals surface area contributed by atoms with Gasteiger partial charge in [-0.3, -0.25) is 4.79 Å². The second-order valence-electron chi connectivity index (χ2n) is 9.92. The van der Waals surface area contributed by atoms with Crippen molar-refractivity contribution >= 4 is 22.8 Å². The highest BCUT2D eigenvalue weighted by molar-refractivity contribution is 5.91. The van der Waals surface area contributed by atoms with Crippen molar-refractivity contribution < 1.29 is 9.18 Å². The number of hydrogen-bond acceptors (Lipinski definition) is 5. The molecule has 2 aromatic carbocycles. The Balaban J connectivity index is 1.46. The average molecular weight is 515 g/mol. The molecule has 198 valence electrons. The van der Waals surface area contributed by atoms with E-state index >= 15 is 0 Å². The number of rotatable bonds is 7. The third-order valence-corrected chi connectivity index (χ3v) is 7.29. The number of nitrogens with zero attached hydrogens (tertiary/aromatic N) is 6. The van der Waals surface area contributed by atoms with E-state index in [4.69, 9.17) is 15.1 Å². The number of amides is 1. The topological polar surface area (TPSA) is 67.2 Å². The van der Waals surface area contributed by atoms with Crippen LogP contribution in [-0.4, -0.2) is 56.7 Å². The minimum atomic E-state index is -0.287. The summed E-state index contributed by atoms with van der Waals surface area (Å²) in [6.07, 6.45) is 3.31. The molecule has 1 aliphatic rings. The normalized spacial score (nSPS) is 15.1. The van der Waals surface area contributed by atoms with Crippen molar-refractivity contribution in [1.82, 2.24) is 24.6 Å². The molecule has 0 spiro atoms. The van der Waals surface area contributed by atoms with Crippen LogP contribution in [0.2, 0.25) is 0 Å². The first-order valence-electron chi connectivity index (χ1n) is 13.6. The molecular weight excluding hydrogens is 479 g/mol. The van der Waals surface area contributed by atoms with Gasteiger partial charge in [0.1, 0.15) is 17.5 Å². The Morgan fingerprint density at radius 2 is 1.74 bits per heavy atom.